The standard InChI is InChI=1S/C24H33F2N5O3/c1-14(12-34-5)28-23(33)24(3,4)31-11-21(27-13-31)30-22(32)15(2)29-18-7-6-16-8-17(25)9-20(26)19(16)10-18/h8-9,11,13-15,18,29H,6-7,10,12H2,1-5H3,(H,28,33)(H,30,32)/t14-,15?,18?/m0/s1. The number of benzene rings is 1. The first-order valence-electron chi connectivity index (χ1n) is 11.4. The molecule has 2 unspecified atom stereocenters. The van der Waals surface area contributed by atoms with Gasteiger partial charge in [0.2, 0.25) is 11.8 Å². The molecule has 1 aromatic heterocycles. The molecule has 0 spiro atoms. The lowest BCUT2D eigenvalue weighted by molar-refractivity contribution is -0.129. The number of anilines is 1. The van der Waals surface area contributed by atoms with Crippen molar-refractivity contribution >= 4 is 17.6 Å². The summed E-state index contributed by atoms with van der Waals surface area (Å²) in [5.41, 5.74) is 0.249. The van der Waals surface area contributed by atoms with E-state index in [1.54, 1.807) is 38.6 Å². The second-order valence-electron chi connectivity index (χ2n) is 9.40. The van der Waals surface area contributed by atoms with Crippen LogP contribution in [-0.4, -0.2) is 53.2 Å². The number of imidazole rings is 1. The smallest absolute Gasteiger partial charge is 0.245 e. The number of rotatable bonds is 9. The molecule has 0 radical (unpaired) electrons. The molecule has 3 rings (SSSR count). The summed E-state index contributed by atoms with van der Waals surface area (Å²) in [6, 6.07) is 1.45. The fourth-order valence-electron chi connectivity index (χ4n) is 4.10. The van der Waals surface area contributed by atoms with Crippen molar-refractivity contribution in [1.29, 1.82) is 0 Å². The van der Waals surface area contributed by atoms with E-state index in [1.165, 1.54) is 12.4 Å². The number of methoxy groups -OCH3 is 1. The number of hydrogen-bond donors (Lipinski definition) is 3. The Morgan fingerprint density at radius 2 is 2.03 bits per heavy atom. The molecule has 2 amide bonds. The maximum Gasteiger partial charge on any atom is 0.245 e. The molecule has 2 aromatic rings. The minimum Gasteiger partial charge on any atom is -0.383 e. The summed E-state index contributed by atoms with van der Waals surface area (Å²) in [6.45, 7) is 7.48. The van der Waals surface area contributed by atoms with E-state index < -0.39 is 23.2 Å². The Balaban J connectivity index is 1.57. The zero-order valence-electron chi connectivity index (χ0n) is 20.2. The summed E-state index contributed by atoms with van der Waals surface area (Å²) in [7, 11) is 1.57. The maximum absolute atomic E-state index is 14.2. The Bertz CT molecular complexity index is 1040. The Morgan fingerprint density at radius 1 is 1.29 bits per heavy atom. The molecular weight excluding hydrogens is 444 g/mol. The Kier molecular flexibility index (Phi) is 8.04. The average molecular weight is 478 g/mol. The van der Waals surface area contributed by atoms with Crippen molar-refractivity contribution in [3.05, 3.63) is 47.4 Å². The number of aryl methyl sites for hydroxylation is 1. The quantitative estimate of drug-likeness (QED) is 0.516. The highest BCUT2D eigenvalue weighted by Gasteiger charge is 2.31. The molecule has 0 aliphatic heterocycles. The number of ether oxygens (including phenoxy) is 1. The van der Waals surface area contributed by atoms with E-state index in [1.807, 2.05) is 6.92 Å². The van der Waals surface area contributed by atoms with Crippen molar-refractivity contribution in [2.45, 2.75) is 70.6 Å². The first-order chi connectivity index (χ1) is 16.0. The van der Waals surface area contributed by atoms with Gasteiger partial charge < -0.3 is 25.3 Å². The van der Waals surface area contributed by atoms with E-state index in [-0.39, 0.29) is 23.9 Å². The van der Waals surface area contributed by atoms with Crippen LogP contribution in [0.2, 0.25) is 0 Å². The summed E-state index contributed by atoms with van der Waals surface area (Å²) in [5, 5.41) is 8.87. The van der Waals surface area contributed by atoms with Gasteiger partial charge in [-0.2, -0.15) is 0 Å². The highest BCUT2D eigenvalue weighted by atomic mass is 19.1. The molecule has 1 aromatic carbocycles. The molecule has 0 bridgehead atoms. The van der Waals surface area contributed by atoms with Gasteiger partial charge in [-0.15, -0.1) is 0 Å². The number of nitrogens with zero attached hydrogens (tertiary/aromatic N) is 2. The molecule has 0 fully saturated rings. The maximum atomic E-state index is 14.2. The molecule has 10 heteroatoms. The van der Waals surface area contributed by atoms with Crippen molar-refractivity contribution < 1.29 is 23.1 Å². The zero-order valence-corrected chi connectivity index (χ0v) is 20.2. The molecule has 34 heavy (non-hydrogen) atoms. The van der Waals surface area contributed by atoms with Gasteiger partial charge in [-0.3, -0.25) is 9.59 Å². The van der Waals surface area contributed by atoms with E-state index in [2.05, 4.69) is 20.9 Å². The molecule has 3 atom stereocenters. The van der Waals surface area contributed by atoms with Gasteiger partial charge in [0.1, 0.15) is 17.2 Å². The molecule has 186 valence electrons. The SMILES string of the molecule is COC[C@H](C)NC(=O)C(C)(C)n1cnc(NC(=O)C(C)NC2CCc3cc(F)cc(F)c3C2)c1. The van der Waals surface area contributed by atoms with Crippen molar-refractivity contribution in [1.82, 2.24) is 20.2 Å². The minimum absolute atomic E-state index is 0.109. The minimum atomic E-state index is -0.930. The van der Waals surface area contributed by atoms with Crippen LogP contribution in [0.5, 0.6) is 0 Å². The van der Waals surface area contributed by atoms with Crippen LogP contribution >= 0.6 is 0 Å². The van der Waals surface area contributed by atoms with E-state index in [9.17, 15) is 18.4 Å². The molecule has 0 saturated heterocycles. The number of amides is 2. The van der Waals surface area contributed by atoms with Gasteiger partial charge in [-0.25, -0.2) is 13.8 Å². The number of halogens is 2. The highest BCUT2D eigenvalue weighted by Crippen LogP contribution is 2.25. The summed E-state index contributed by atoms with van der Waals surface area (Å²) in [5.74, 6) is -1.30. The Morgan fingerprint density at radius 3 is 2.74 bits per heavy atom. The first-order valence-corrected chi connectivity index (χ1v) is 11.4. The van der Waals surface area contributed by atoms with E-state index in [4.69, 9.17) is 4.74 Å². The summed E-state index contributed by atoms with van der Waals surface area (Å²) in [6.07, 6.45) is 4.70. The second-order valence-corrected chi connectivity index (χ2v) is 9.40. The van der Waals surface area contributed by atoms with Gasteiger partial charge in [0.15, 0.2) is 5.82 Å². The van der Waals surface area contributed by atoms with E-state index in [0.29, 0.717) is 42.8 Å². The number of hydrogen-bond acceptors (Lipinski definition) is 5. The van der Waals surface area contributed by atoms with Crippen LogP contribution in [-0.2, 0) is 32.7 Å². The largest absolute Gasteiger partial charge is 0.383 e. The van der Waals surface area contributed by atoms with Crippen molar-refractivity contribution in [2.75, 3.05) is 19.0 Å². The second kappa shape index (κ2) is 10.6. The third-order valence-corrected chi connectivity index (χ3v) is 6.17. The number of carbonyl (C=O) groups is 2. The van der Waals surface area contributed by atoms with Gasteiger partial charge in [-0.1, -0.05) is 0 Å². The number of nitrogens with one attached hydrogen (secondary N) is 3. The van der Waals surface area contributed by atoms with Crippen LogP contribution in [0.1, 0.15) is 45.2 Å². The third-order valence-electron chi connectivity index (χ3n) is 6.17. The van der Waals surface area contributed by atoms with Crippen molar-refractivity contribution in [2.24, 2.45) is 0 Å². The summed E-state index contributed by atoms with van der Waals surface area (Å²) < 4.78 is 34.3. The van der Waals surface area contributed by atoms with Gasteiger partial charge in [-0.05, 0) is 64.2 Å². The lowest BCUT2D eigenvalue weighted by Crippen LogP contribution is -2.48. The van der Waals surface area contributed by atoms with Crippen LogP contribution in [0.15, 0.2) is 24.7 Å². The molecule has 8 nitrogen and oxygen atoms in total. The van der Waals surface area contributed by atoms with Gasteiger partial charge >= 0.3 is 0 Å². The van der Waals surface area contributed by atoms with Crippen molar-refractivity contribution in [3.63, 3.8) is 0 Å². The normalized spacial score (nSPS) is 17.6. The van der Waals surface area contributed by atoms with Gasteiger partial charge in [0.25, 0.3) is 0 Å². The van der Waals surface area contributed by atoms with Crippen LogP contribution in [0, 0.1) is 11.6 Å². The Labute approximate surface area is 198 Å². The fraction of sp³-hybridized carbons (Fsp3) is 0.542. The lowest BCUT2D eigenvalue weighted by atomic mass is 9.87. The van der Waals surface area contributed by atoms with Gasteiger partial charge in [0, 0.05) is 31.5 Å². The van der Waals surface area contributed by atoms with Crippen LogP contribution in [0.3, 0.4) is 0 Å². The topological polar surface area (TPSA) is 97.3 Å². The number of fused-ring (bicyclic) bond motifs is 1. The Hall–Kier alpha value is -2.85. The average Bonchev–Trinajstić information content (AvgIpc) is 3.23. The number of carbonyl (C=O) groups excluding carboxylic acids is 2. The molecule has 0 saturated carbocycles. The zero-order chi connectivity index (χ0) is 25.0. The van der Waals surface area contributed by atoms with Crippen LogP contribution < -0.4 is 16.0 Å². The van der Waals surface area contributed by atoms with Crippen LogP contribution in [0.25, 0.3) is 0 Å². The molecular formula is C24H33F2N5O3. The van der Waals surface area contributed by atoms with E-state index >= 15 is 0 Å². The van der Waals surface area contributed by atoms with Gasteiger partial charge in [0.05, 0.1) is 19.0 Å². The molecule has 3 N–H and O–H groups in total. The summed E-state index contributed by atoms with van der Waals surface area (Å²) >= 11 is 0. The molecule has 1 heterocycles. The van der Waals surface area contributed by atoms with E-state index in [0.717, 1.165) is 6.07 Å². The first kappa shape index (κ1) is 25.8. The van der Waals surface area contributed by atoms with Crippen LogP contribution in [0.4, 0.5) is 14.6 Å². The lowest BCUT2D eigenvalue weighted by Gasteiger charge is -2.28. The monoisotopic (exact) mass is 477 g/mol. The third kappa shape index (κ3) is 5.98. The predicted octanol–water partition coefficient (Wildman–Crippen LogP) is 2.52. The molecule has 1 aliphatic carbocycles. The predicted molar refractivity (Wildman–Crippen MR) is 124 cm³/mol. The number of aromatic nitrogens is 2. The summed E-state index contributed by atoms with van der Waals surface area (Å²) in [4.78, 5) is 29.6. The van der Waals surface area contributed by atoms with Crippen molar-refractivity contribution in [3.8, 4) is 0 Å². The molecule has 1 aliphatic rings. The highest BCUT2D eigenvalue weighted by molar-refractivity contribution is 5.93. The fourth-order valence-corrected chi connectivity index (χ4v) is 4.10.